The van der Waals surface area contributed by atoms with Crippen molar-refractivity contribution in [3.05, 3.63) is 34.3 Å². The smallest absolute Gasteiger partial charge is 0.251 e. The lowest BCUT2D eigenvalue weighted by atomic mass is 10.1. The molecule has 0 aromatic heterocycles. The molecule has 1 amide bonds. The molecule has 1 fully saturated rings. The minimum Gasteiger partial charge on any atom is -0.379 e. The molecule has 1 aliphatic rings. The second-order valence-corrected chi connectivity index (χ2v) is 8.62. The number of benzene rings is 1. The van der Waals surface area contributed by atoms with Crippen molar-refractivity contribution in [2.75, 3.05) is 33.1 Å². The van der Waals surface area contributed by atoms with Crippen molar-refractivity contribution in [2.24, 2.45) is 5.92 Å². The minimum atomic E-state index is -3.35. The number of amides is 1. The molecule has 8 heteroatoms. The Labute approximate surface area is 141 Å². The monoisotopic (exact) mass is 360 g/mol. The molecule has 1 aliphatic heterocycles. The summed E-state index contributed by atoms with van der Waals surface area (Å²) in [5.41, 5.74) is 1.34. The van der Waals surface area contributed by atoms with E-state index in [1.807, 2.05) is 6.92 Å². The lowest BCUT2D eigenvalue weighted by molar-refractivity contribution is 0.0926. The number of ether oxygens (including phenoxy) is 1. The number of sulfonamides is 1. The van der Waals surface area contributed by atoms with Gasteiger partial charge in [-0.3, -0.25) is 4.79 Å². The first-order valence-electron chi connectivity index (χ1n) is 7.25. The van der Waals surface area contributed by atoms with Gasteiger partial charge in [-0.25, -0.2) is 12.7 Å². The van der Waals surface area contributed by atoms with Crippen molar-refractivity contribution in [2.45, 2.75) is 13.0 Å². The first kappa shape index (κ1) is 18.2. The quantitative estimate of drug-likeness (QED) is 0.858. The fourth-order valence-corrected chi connectivity index (χ4v) is 3.92. The van der Waals surface area contributed by atoms with Crippen LogP contribution < -0.4 is 5.32 Å². The van der Waals surface area contributed by atoms with Crippen LogP contribution >= 0.6 is 11.6 Å². The van der Waals surface area contributed by atoms with Gasteiger partial charge in [-0.2, -0.15) is 0 Å². The van der Waals surface area contributed by atoms with E-state index in [2.05, 4.69) is 5.32 Å². The van der Waals surface area contributed by atoms with Gasteiger partial charge >= 0.3 is 0 Å². The van der Waals surface area contributed by atoms with E-state index in [0.717, 1.165) is 5.56 Å². The van der Waals surface area contributed by atoms with Crippen LogP contribution in [0.3, 0.4) is 0 Å². The molecule has 128 valence electrons. The van der Waals surface area contributed by atoms with E-state index >= 15 is 0 Å². The highest BCUT2D eigenvalue weighted by molar-refractivity contribution is 7.89. The van der Waals surface area contributed by atoms with E-state index in [-0.39, 0.29) is 23.6 Å². The minimum absolute atomic E-state index is 0.0560. The van der Waals surface area contributed by atoms with Crippen molar-refractivity contribution in [1.29, 1.82) is 0 Å². The van der Waals surface area contributed by atoms with Crippen LogP contribution in [-0.4, -0.2) is 57.7 Å². The number of hydrogen-bond acceptors (Lipinski definition) is 4. The van der Waals surface area contributed by atoms with Gasteiger partial charge in [0.05, 0.1) is 25.0 Å². The molecule has 0 bridgehead atoms. The standard InChI is InChI=1S/C15H21ClN2O4S/c1-10-4-11(6-13(16)5-10)15(19)17-14-8-22-7-12(14)9-23(20,21)18(2)3/h4-6,12,14H,7-9H2,1-3H3,(H,17,19). The van der Waals surface area contributed by atoms with E-state index in [4.69, 9.17) is 16.3 Å². The number of halogens is 1. The highest BCUT2D eigenvalue weighted by Gasteiger charge is 2.34. The molecule has 2 rings (SSSR count). The fourth-order valence-electron chi connectivity index (χ4n) is 2.46. The van der Waals surface area contributed by atoms with Crippen molar-refractivity contribution >= 4 is 27.5 Å². The summed E-state index contributed by atoms with van der Waals surface area (Å²) in [4.78, 5) is 12.4. The van der Waals surface area contributed by atoms with Gasteiger partial charge in [-0.15, -0.1) is 0 Å². The van der Waals surface area contributed by atoms with Crippen molar-refractivity contribution < 1.29 is 17.9 Å². The summed E-state index contributed by atoms with van der Waals surface area (Å²) in [6, 6.07) is 4.76. The Morgan fingerprint density at radius 2 is 2.04 bits per heavy atom. The van der Waals surface area contributed by atoms with Crippen LogP contribution in [0.15, 0.2) is 18.2 Å². The third kappa shape index (κ3) is 4.67. The number of hydrogen-bond donors (Lipinski definition) is 1. The first-order chi connectivity index (χ1) is 10.7. The molecule has 2 unspecified atom stereocenters. The highest BCUT2D eigenvalue weighted by Crippen LogP contribution is 2.19. The maximum Gasteiger partial charge on any atom is 0.251 e. The second kappa shape index (κ2) is 7.17. The number of aryl methyl sites for hydroxylation is 1. The number of nitrogens with one attached hydrogen (secondary N) is 1. The summed E-state index contributed by atoms with van der Waals surface area (Å²) in [5.74, 6) is -0.607. The van der Waals surface area contributed by atoms with Gasteiger partial charge in [-0.05, 0) is 30.7 Å². The molecule has 0 saturated carbocycles. The Balaban J connectivity index is 2.07. The van der Waals surface area contributed by atoms with E-state index in [0.29, 0.717) is 23.8 Å². The van der Waals surface area contributed by atoms with Gasteiger partial charge in [0.1, 0.15) is 0 Å². The maximum absolute atomic E-state index is 12.4. The SMILES string of the molecule is Cc1cc(Cl)cc(C(=O)NC2COCC2CS(=O)(=O)N(C)C)c1. The summed E-state index contributed by atoms with van der Waals surface area (Å²) < 4.78 is 30.6. The Morgan fingerprint density at radius 1 is 1.35 bits per heavy atom. The normalized spacial score (nSPS) is 21.6. The molecule has 1 aromatic rings. The van der Waals surface area contributed by atoms with Gasteiger partial charge in [0.2, 0.25) is 10.0 Å². The third-order valence-corrected chi connectivity index (χ3v) is 5.98. The number of rotatable bonds is 5. The zero-order chi connectivity index (χ0) is 17.2. The first-order valence-corrected chi connectivity index (χ1v) is 9.24. The Bertz CT molecular complexity index is 670. The highest BCUT2D eigenvalue weighted by atomic mass is 35.5. The van der Waals surface area contributed by atoms with Gasteiger partial charge in [0.25, 0.3) is 5.91 Å². The van der Waals surface area contributed by atoms with Crippen LogP contribution in [-0.2, 0) is 14.8 Å². The topological polar surface area (TPSA) is 75.7 Å². The molecule has 1 aromatic carbocycles. The van der Waals surface area contributed by atoms with Gasteiger partial charge < -0.3 is 10.1 Å². The van der Waals surface area contributed by atoms with Crippen LogP contribution in [0.25, 0.3) is 0 Å². The summed E-state index contributed by atoms with van der Waals surface area (Å²) in [5, 5.41) is 3.35. The number of carbonyl (C=O) groups is 1. The van der Waals surface area contributed by atoms with E-state index in [9.17, 15) is 13.2 Å². The molecular formula is C15H21ClN2O4S. The lowest BCUT2D eigenvalue weighted by Crippen LogP contribution is -2.43. The Hall–Kier alpha value is -1.15. The summed E-state index contributed by atoms with van der Waals surface area (Å²) in [6.07, 6.45) is 0. The second-order valence-electron chi connectivity index (χ2n) is 5.96. The average molecular weight is 361 g/mol. The largest absolute Gasteiger partial charge is 0.379 e. The molecule has 1 saturated heterocycles. The molecular weight excluding hydrogens is 340 g/mol. The zero-order valence-corrected chi connectivity index (χ0v) is 14.9. The average Bonchev–Trinajstić information content (AvgIpc) is 2.84. The van der Waals surface area contributed by atoms with Gasteiger partial charge in [0.15, 0.2) is 0 Å². The Morgan fingerprint density at radius 3 is 2.65 bits per heavy atom. The molecule has 0 aliphatic carbocycles. The van der Waals surface area contributed by atoms with Crippen LogP contribution in [0, 0.1) is 12.8 Å². The summed E-state index contributed by atoms with van der Waals surface area (Å²) in [6.45, 7) is 2.47. The molecule has 1 N–H and O–H groups in total. The number of nitrogens with zero attached hydrogens (tertiary/aromatic N) is 1. The van der Waals surface area contributed by atoms with Crippen molar-refractivity contribution in [3.8, 4) is 0 Å². The van der Waals surface area contributed by atoms with Crippen LogP contribution in [0.5, 0.6) is 0 Å². The molecule has 0 spiro atoms. The van der Waals surface area contributed by atoms with Crippen LogP contribution in [0.2, 0.25) is 5.02 Å². The van der Waals surface area contributed by atoms with Crippen molar-refractivity contribution in [1.82, 2.24) is 9.62 Å². The zero-order valence-electron chi connectivity index (χ0n) is 13.4. The van der Waals surface area contributed by atoms with E-state index in [1.54, 1.807) is 18.2 Å². The summed E-state index contributed by atoms with van der Waals surface area (Å²) >= 11 is 5.97. The van der Waals surface area contributed by atoms with Gasteiger partial charge in [0, 0.05) is 30.6 Å². The molecule has 23 heavy (non-hydrogen) atoms. The van der Waals surface area contributed by atoms with Crippen LogP contribution in [0.1, 0.15) is 15.9 Å². The molecule has 6 nitrogen and oxygen atoms in total. The Kier molecular flexibility index (Phi) is 5.67. The van der Waals surface area contributed by atoms with E-state index < -0.39 is 10.0 Å². The fraction of sp³-hybridized carbons (Fsp3) is 0.533. The molecule has 2 atom stereocenters. The van der Waals surface area contributed by atoms with Crippen molar-refractivity contribution in [3.63, 3.8) is 0 Å². The predicted octanol–water partition coefficient (Wildman–Crippen LogP) is 1.28. The lowest BCUT2D eigenvalue weighted by Gasteiger charge is -2.21. The molecule has 0 radical (unpaired) electrons. The third-order valence-electron chi connectivity index (χ3n) is 3.80. The van der Waals surface area contributed by atoms with Gasteiger partial charge in [-0.1, -0.05) is 11.6 Å². The van der Waals surface area contributed by atoms with E-state index in [1.165, 1.54) is 18.4 Å². The maximum atomic E-state index is 12.4. The predicted molar refractivity (Wildman–Crippen MR) is 89.2 cm³/mol. The summed E-state index contributed by atoms with van der Waals surface area (Å²) in [7, 11) is -0.360. The number of carbonyl (C=O) groups excluding carboxylic acids is 1. The van der Waals surface area contributed by atoms with Crippen LogP contribution in [0.4, 0.5) is 0 Å². The molecule has 1 heterocycles.